The van der Waals surface area contributed by atoms with E-state index in [-0.39, 0.29) is 32.7 Å². The molecular formula is C3H5N2SY+2. The van der Waals surface area contributed by atoms with Crippen molar-refractivity contribution in [1.29, 1.82) is 0 Å². The van der Waals surface area contributed by atoms with E-state index in [2.05, 4.69) is 22.9 Å². The summed E-state index contributed by atoms with van der Waals surface area (Å²) < 4.78 is 0. The molecular weight excluding hydrogens is 185 g/mol. The van der Waals surface area contributed by atoms with Crippen LogP contribution in [0.4, 0.5) is 0 Å². The first kappa shape index (κ1) is 7.79. The van der Waals surface area contributed by atoms with E-state index in [1.165, 1.54) is 0 Å². The molecule has 0 aromatic rings. The Morgan fingerprint density at radius 1 is 1.71 bits per heavy atom. The van der Waals surface area contributed by atoms with Gasteiger partial charge >= 0.3 is 32.7 Å². The van der Waals surface area contributed by atoms with Crippen LogP contribution in [0.3, 0.4) is 0 Å². The van der Waals surface area contributed by atoms with Gasteiger partial charge in [0.25, 0.3) is 0 Å². The van der Waals surface area contributed by atoms with Crippen molar-refractivity contribution in [1.82, 2.24) is 5.32 Å². The van der Waals surface area contributed by atoms with Crippen molar-refractivity contribution in [2.24, 2.45) is 4.99 Å². The molecule has 7 heavy (non-hydrogen) atoms. The summed E-state index contributed by atoms with van der Waals surface area (Å²) in [5.41, 5.74) is 0. The van der Waals surface area contributed by atoms with Crippen molar-refractivity contribution in [3.05, 3.63) is 0 Å². The molecule has 0 aromatic heterocycles. The third-order valence-corrected chi connectivity index (χ3v) is 0.917. The molecule has 0 saturated heterocycles. The summed E-state index contributed by atoms with van der Waals surface area (Å²) in [6.07, 6.45) is 0. The molecule has 0 fully saturated rings. The Morgan fingerprint density at radius 2 is 2.43 bits per heavy atom. The predicted octanol–water partition coefficient (Wildman–Crippen LogP) is -0.510. The fourth-order valence-electron chi connectivity index (χ4n) is 0.376. The third-order valence-electron chi connectivity index (χ3n) is 0.643. The molecule has 1 heterocycles. The van der Waals surface area contributed by atoms with Gasteiger partial charge in [0.05, 0.1) is 6.54 Å². The molecule has 0 aromatic carbocycles. The van der Waals surface area contributed by atoms with Crippen LogP contribution in [0.25, 0.3) is 0 Å². The minimum absolute atomic E-state index is 0. The minimum atomic E-state index is 0. The van der Waals surface area contributed by atoms with Crippen LogP contribution in [0.15, 0.2) is 4.99 Å². The van der Waals surface area contributed by atoms with E-state index in [1.807, 2.05) is 0 Å². The molecule has 1 rings (SSSR count). The molecule has 0 unspecified atom stereocenters. The maximum Gasteiger partial charge on any atom is 3.00 e. The number of nitrogens with zero attached hydrogens (tertiary/aromatic N) is 1. The quantitative estimate of drug-likeness (QED) is 0.520. The molecule has 4 heteroatoms. The van der Waals surface area contributed by atoms with Gasteiger partial charge in [-0.05, 0) is 5.17 Å². The molecule has 0 radical (unpaired) electrons. The van der Waals surface area contributed by atoms with Gasteiger partial charge in [-0.1, -0.05) is 0 Å². The Morgan fingerprint density at radius 3 is 2.57 bits per heavy atom. The number of hydrogen-bond donors (Lipinski definition) is 1. The van der Waals surface area contributed by atoms with Crippen molar-refractivity contribution in [3.63, 3.8) is 0 Å². The fourth-order valence-corrected chi connectivity index (χ4v) is 0.570. The van der Waals surface area contributed by atoms with Crippen molar-refractivity contribution >= 4 is 17.8 Å². The van der Waals surface area contributed by atoms with Crippen LogP contribution in [0.1, 0.15) is 0 Å². The maximum atomic E-state index is 4.64. The Hall–Kier alpha value is 0.794. The first-order valence-electron chi connectivity index (χ1n) is 1.85. The zero-order valence-corrected chi connectivity index (χ0v) is 7.50. The summed E-state index contributed by atoms with van der Waals surface area (Å²) in [5.74, 6) is 0. The van der Waals surface area contributed by atoms with E-state index in [0.29, 0.717) is 5.17 Å². The van der Waals surface area contributed by atoms with E-state index < -0.39 is 0 Å². The molecule has 0 amide bonds. The van der Waals surface area contributed by atoms with Gasteiger partial charge < -0.3 is 17.9 Å². The van der Waals surface area contributed by atoms with Gasteiger partial charge in [0.15, 0.2) is 0 Å². The predicted molar refractivity (Wildman–Crippen MR) is 27.7 cm³/mol. The van der Waals surface area contributed by atoms with E-state index in [9.17, 15) is 0 Å². The summed E-state index contributed by atoms with van der Waals surface area (Å²) in [6.45, 7) is 1.79. The smallest absolute Gasteiger partial charge is 0.743 e. The van der Waals surface area contributed by atoms with Gasteiger partial charge in [-0.3, -0.25) is 4.99 Å². The molecule has 0 saturated carbocycles. The molecule has 34 valence electrons. The van der Waals surface area contributed by atoms with Crippen LogP contribution < -0.4 is 5.32 Å². The average Bonchev–Trinajstić information content (AvgIpc) is 1.86. The van der Waals surface area contributed by atoms with Gasteiger partial charge in [-0.2, -0.15) is 0 Å². The van der Waals surface area contributed by atoms with Crippen LogP contribution in [-0.2, 0) is 45.3 Å². The minimum Gasteiger partial charge on any atom is -0.743 e. The van der Waals surface area contributed by atoms with Crippen molar-refractivity contribution < 1.29 is 32.7 Å². The summed E-state index contributed by atoms with van der Waals surface area (Å²) in [4.78, 5) is 3.86. The third kappa shape index (κ3) is 2.57. The van der Waals surface area contributed by atoms with Gasteiger partial charge in [0.2, 0.25) is 0 Å². The standard InChI is InChI=1S/C3H6N2S.Y/c6-3-4-1-2-5-3;/h1-2H2,(H2,4,5,6);/q;+3/p-1. The van der Waals surface area contributed by atoms with Crippen LogP contribution in [0.5, 0.6) is 0 Å². The van der Waals surface area contributed by atoms with Gasteiger partial charge in [-0.25, -0.2) is 0 Å². The van der Waals surface area contributed by atoms with E-state index >= 15 is 0 Å². The van der Waals surface area contributed by atoms with Crippen molar-refractivity contribution in [3.8, 4) is 0 Å². The van der Waals surface area contributed by atoms with E-state index in [0.717, 1.165) is 13.1 Å². The van der Waals surface area contributed by atoms with Gasteiger partial charge in [0, 0.05) is 6.54 Å². The first-order chi connectivity index (χ1) is 2.89. The number of hydrogen-bond acceptors (Lipinski definition) is 3. The molecule has 0 spiro atoms. The summed E-state index contributed by atoms with van der Waals surface area (Å²) in [5, 5.41) is 3.55. The molecule has 0 atom stereocenters. The topological polar surface area (TPSA) is 24.4 Å². The second kappa shape index (κ2) is 3.75. The van der Waals surface area contributed by atoms with Crippen molar-refractivity contribution in [2.75, 3.05) is 13.1 Å². The van der Waals surface area contributed by atoms with Gasteiger partial charge in [0.1, 0.15) is 0 Å². The largest absolute Gasteiger partial charge is 3.00 e. The second-order valence-corrected chi connectivity index (χ2v) is 1.50. The molecule has 0 aliphatic carbocycles. The molecule has 1 aliphatic rings. The van der Waals surface area contributed by atoms with E-state index in [1.54, 1.807) is 0 Å². The monoisotopic (exact) mass is 190 g/mol. The Balaban J connectivity index is 0.000000360. The number of aliphatic imine (C=N–C) groups is 1. The zero-order valence-electron chi connectivity index (χ0n) is 3.85. The van der Waals surface area contributed by atoms with E-state index in [4.69, 9.17) is 0 Å². The normalized spacial score (nSPS) is 16.9. The van der Waals surface area contributed by atoms with Crippen LogP contribution in [-0.4, -0.2) is 18.3 Å². The van der Waals surface area contributed by atoms with Crippen LogP contribution >= 0.6 is 0 Å². The Bertz CT molecular complexity index is 83.0. The number of amidine groups is 1. The molecule has 1 aliphatic heterocycles. The summed E-state index contributed by atoms with van der Waals surface area (Å²) >= 11 is 4.64. The summed E-state index contributed by atoms with van der Waals surface area (Å²) in [7, 11) is 0. The summed E-state index contributed by atoms with van der Waals surface area (Å²) in [6, 6.07) is 0. The van der Waals surface area contributed by atoms with Crippen LogP contribution in [0, 0.1) is 0 Å². The molecule has 1 N–H and O–H groups in total. The molecule has 0 bridgehead atoms. The maximum absolute atomic E-state index is 4.64. The van der Waals surface area contributed by atoms with Crippen molar-refractivity contribution in [2.45, 2.75) is 0 Å². The number of nitrogens with one attached hydrogen (secondary N) is 1. The van der Waals surface area contributed by atoms with Crippen LogP contribution in [0.2, 0.25) is 0 Å². The van der Waals surface area contributed by atoms with Gasteiger partial charge in [-0.15, -0.1) is 0 Å². The zero-order chi connectivity index (χ0) is 4.41. The molecule has 2 nitrogen and oxygen atoms in total. The Labute approximate surface area is 73.4 Å². The second-order valence-electron chi connectivity index (χ2n) is 1.11. The SMILES string of the molecule is [S-]C1=NCCN1.[Y+3]. The fraction of sp³-hybridized carbons (Fsp3) is 0.667. The average molecular weight is 190 g/mol. The first-order valence-corrected chi connectivity index (χ1v) is 2.26. The number of rotatable bonds is 0. The Kier molecular flexibility index (Phi) is 4.18.